The third-order valence-electron chi connectivity index (χ3n) is 4.64. The van der Waals surface area contributed by atoms with Crippen LogP contribution in [-0.4, -0.2) is 47.3 Å². The molecule has 0 saturated carbocycles. The molecule has 2 aliphatic heterocycles. The van der Waals surface area contributed by atoms with E-state index < -0.39 is 0 Å². The molecule has 0 unspecified atom stereocenters. The van der Waals surface area contributed by atoms with Crippen LogP contribution in [0, 0.1) is 0 Å². The van der Waals surface area contributed by atoms with Gasteiger partial charge in [-0.05, 0) is 37.9 Å². The van der Waals surface area contributed by atoms with Gasteiger partial charge in [0.05, 0.1) is 11.8 Å². The summed E-state index contributed by atoms with van der Waals surface area (Å²) >= 11 is 0. The van der Waals surface area contributed by atoms with Gasteiger partial charge in [-0.2, -0.15) is 0 Å². The van der Waals surface area contributed by atoms with Crippen molar-refractivity contribution in [2.24, 2.45) is 0 Å². The van der Waals surface area contributed by atoms with Crippen LogP contribution in [0.4, 0.5) is 5.82 Å². The minimum Gasteiger partial charge on any atom is -0.376 e. The Morgan fingerprint density at radius 2 is 2.04 bits per heavy atom. The molecule has 0 aliphatic carbocycles. The molecule has 0 amide bonds. The molecule has 1 saturated heterocycles. The van der Waals surface area contributed by atoms with Gasteiger partial charge < -0.3 is 15.4 Å². The summed E-state index contributed by atoms with van der Waals surface area (Å²) in [4.78, 5) is 13.7. The number of aromatic nitrogens is 3. The maximum absolute atomic E-state index is 5.73. The van der Waals surface area contributed by atoms with Crippen LogP contribution in [0.1, 0.15) is 24.1 Å². The molecule has 6 nitrogen and oxygen atoms in total. The highest BCUT2D eigenvalue weighted by atomic mass is 16.5. The van der Waals surface area contributed by atoms with E-state index in [2.05, 4.69) is 15.6 Å². The lowest BCUT2D eigenvalue weighted by molar-refractivity contribution is 0.120. The number of ether oxygens (including phenoxy) is 1. The van der Waals surface area contributed by atoms with E-state index >= 15 is 0 Å². The Bertz CT molecular complexity index is 685. The summed E-state index contributed by atoms with van der Waals surface area (Å²) in [7, 11) is 0. The molecular formula is C18H23N5O. The first-order valence-corrected chi connectivity index (χ1v) is 8.76. The lowest BCUT2D eigenvalue weighted by Gasteiger charge is -2.17. The van der Waals surface area contributed by atoms with Crippen molar-refractivity contribution in [3.8, 4) is 11.4 Å². The summed E-state index contributed by atoms with van der Waals surface area (Å²) in [5.41, 5.74) is 3.40. The number of fused-ring (bicyclic) bond motifs is 1. The SMILES string of the molecule is c1cc(-c2nc3c(c(NC[C@H]4CCCO4)n2)CCNCC3)ccn1. The minimum absolute atomic E-state index is 0.295. The fourth-order valence-corrected chi connectivity index (χ4v) is 3.34. The number of hydrogen-bond acceptors (Lipinski definition) is 6. The van der Waals surface area contributed by atoms with Gasteiger partial charge in [-0.3, -0.25) is 4.98 Å². The molecule has 4 heterocycles. The summed E-state index contributed by atoms with van der Waals surface area (Å²) in [6, 6.07) is 3.92. The summed E-state index contributed by atoms with van der Waals surface area (Å²) in [6.07, 6.45) is 8.03. The van der Waals surface area contributed by atoms with Crippen LogP contribution >= 0.6 is 0 Å². The third-order valence-corrected chi connectivity index (χ3v) is 4.64. The van der Waals surface area contributed by atoms with E-state index in [4.69, 9.17) is 14.7 Å². The molecule has 24 heavy (non-hydrogen) atoms. The Morgan fingerprint density at radius 1 is 1.17 bits per heavy atom. The Morgan fingerprint density at radius 3 is 2.88 bits per heavy atom. The zero-order valence-electron chi connectivity index (χ0n) is 13.8. The first-order valence-electron chi connectivity index (χ1n) is 8.76. The molecular weight excluding hydrogens is 302 g/mol. The molecule has 2 aromatic heterocycles. The van der Waals surface area contributed by atoms with Crippen molar-refractivity contribution in [3.05, 3.63) is 35.8 Å². The lowest BCUT2D eigenvalue weighted by Crippen LogP contribution is -2.21. The fourth-order valence-electron chi connectivity index (χ4n) is 3.34. The van der Waals surface area contributed by atoms with E-state index in [1.54, 1.807) is 12.4 Å². The summed E-state index contributed by atoms with van der Waals surface area (Å²) in [5.74, 6) is 1.74. The van der Waals surface area contributed by atoms with Crippen molar-refractivity contribution < 1.29 is 4.74 Å². The zero-order chi connectivity index (χ0) is 16.2. The first-order chi connectivity index (χ1) is 11.9. The Labute approximate surface area is 142 Å². The van der Waals surface area contributed by atoms with Crippen LogP contribution in [0.2, 0.25) is 0 Å². The van der Waals surface area contributed by atoms with Gasteiger partial charge in [-0.15, -0.1) is 0 Å². The second-order valence-corrected chi connectivity index (χ2v) is 6.32. The lowest BCUT2D eigenvalue weighted by atomic mass is 10.1. The average Bonchev–Trinajstić information content (AvgIpc) is 3.04. The number of pyridine rings is 1. The highest BCUT2D eigenvalue weighted by Gasteiger charge is 2.20. The van der Waals surface area contributed by atoms with Crippen LogP contribution in [0.5, 0.6) is 0 Å². The standard InChI is InChI=1S/C18H23N5O/c1-2-14(24-11-1)12-21-18-15-5-9-20-10-6-16(15)22-17(23-18)13-3-7-19-8-4-13/h3-4,7-8,14,20H,1-2,5-6,9-12H2,(H,21,22,23)/t14-/m1/s1. The van der Waals surface area contributed by atoms with E-state index in [-0.39, 0.29) is 0 Å². The second-order valence-electron chi connectivity index (χ2n) is 6.32. The summed E-state index contributed by atoms with van der Waals surface area (Å²) in [6.45, 7) is 3.62. The van der Waals surface area contributed by atoms with Crippen molar-refractivity contribution in [1.29, 1.82) is 0 Å². The van der Waals surface area contributed by atoms with Crippen LogP contribution in [0.3, 0.4) is 0 Å². The van der Waals surface area contributed by atoms with E-state index in [0.717, 1.165) is 74.8 Å². The fraction of sp³-hybridized carbons (Fsp3) is 0.500. The highest BCUT2D eigenvalue weighted by molar-refractivity contribution is 5.59. The molecule has 2 aliphatic rings. The number of hydrogen-bond donors (Lipinski definition) is 2. The maximum Gasteiger partial charge on any atom is 0.161 e. The van der Waals surface area contributed by atoms with Crippen LogP contribution < -0.4 is 10.6 Å². The average molecular weight is 325 g/mol. The monoisotopic (exact) mass is 325 g/mol. The van der Waals surface area contributed by atoms with E-state index in [0.29, 0.717) is 6.10 Å². The molecule has 0 bridgehead atoms. The molecule has 0 aromatic carbocycles. The van der Waals surface area contributed by atoms with Crippen LogP contribution in [0.15, 0.2) is 24.5 Å². The molecule has 2 aromatic rings. The molecule has 1 fully saturated rings. The molecule has 6 heteroatoms. The number of rotatable bonds is 4. The van der Waals surface area contributed by atoms with Crippen LogP contribution in [-0.2, 0) is 17.6 Å². The van der Waals surface area contributed by atoms with Crippen molar-refractivity contribution in [3.63, 3.8) is 0 Å². The van der Waals surface area contributed by atoms with E-state index in [9.17, 15) is 0 Å². The van der Waals surface area contributed by atoms with Gasteiger partial charge in [-0.1, -0.05) is 0 Å². The van der Waals surface area contributed by atoms with Gasteiger partial charge in [0, 0.05) is 49.6 Å². The van der Waals surface area contributed by atoms with Crippen molar-refractivity contribution in [2.45, 2.75) is 31.8 Å². The second kappa shape index (κ2) is 7.23. The summed E-state index contributed by atoms with van der Waals surface area (Å²) < 4.78 is 5.73. The molecule has 0 spiro atoms. The van der Waals surface area contributed by atoms with Gasteiger partial charge in [0.25, 0.3) is 0 Å². The van der Waals surface area contributed by atoms with Gasteiger partial charge in [0.1, 0.15) is 5.82 Å². The molecule has 1 atom stereocenters. The first kappa shape index (κ1) is 15.5. The smallest absolute Gasteiger partial charge is 0.161 e. The molecule has 126 valence electrons. The van der Waals surface area contributed by atoms with Gasteiger partial charge in [0.2, 0.25) is 0 Å². The quantitative estimate of drug-likeness (QED) is 0.893. The van der Waals surface area contributed by atoms with Gasteiger partial charge >= 0.3 is 0 Å². The van der Waals surface area contributed by atoms with E-state index in [1.165, 1.54) is 5.56 Å². The van der Waals surface area contributed by atoms with Crippen LogP contribution in [0.25, 0.3) is 11.4 Å². The Hall–Kier alpha value is -2.05. The maximum atomic E-state index is 5.73. The topological polar surface area (TPSA) is 72.0 Å². The summed E-state index contributed by atoms with van der Waals surface area (Å²) in [5, 5.41) is 6.98. The number of anilines is 1. The number of nitrogens with one attached hydrogen (secondary N) is 2. The van der Waals surface area contributed by atoms with Crippen molar-refractivity contribution in [2.75, 3.05) is 31.6 Å². The zero-order valence-corrected chi connectivity index (χ0v) is 13.8. The molecule has 0 radical (unpaired) electrons. The Kier molecular flexibility index (Phi) is 4.66. The highest BCUT2D eigenvalue weighted by Crippen LogP contribution is 2.25. The predicted molar refractivity (Wildman–Crippen MR) is 93.0 cm³/mol. The Balaban J connectivity index is 1.66. The van der Waals surface area contributed by atoms with Gasteiger partial charge in [0.15, 0.2) is 5.82 Å². The van der Waals surface area contributed by atoms with Crippen molar-refractivity contribution in [1.82, 2.24) is 20.3 Å². The predicted octanol–water partition coefficient (Wildman–Crippen LogP) is 1.82. The normalized spacial score (nSPS) is 20.4. The third kappa shape index (κ3) is 3.39. The minimum atomic E-state index is 0.295. The largest absolute Gasteiger partial charge is 0.376 e. The number of nitrogens with zero attached hydrogens (tertiary/aromatic N) is 3. The molecule has 2 N–H and O–H groups in total. The van der Waals surface area contributed by atoms with E-state index in [1.807, 2.05) is 12.1 Å². The van der Waals surface area contributed by atoms with Crippen molar-refractivity contribution >= 4 is 5.82 Å². The molecule has 4 rings (SSSR count). The van der Waals surface area contributed by atoms with Gasteiger partial charge in [-0.25, -0.2) is 9.97 Å².